The lowest BCUT2D eigenvalue weighted by molar-refractivity contribution is -0.143. The molecule has 0 saturated carbocycles. The van der Waals surface area contributed by atoms with Crippen LogP contribution in [-0.4, -0.2) is 52.5 Å². The van der Waals surface area contributed by atoms with Crippen LogP contribution in [0.2, 0.25) is 0 Å². The number of carboxylic acids is 1. The summed E-state index contributed by atoms with van der Waals surface area (Å²) in [6.07, 6.45) is 1.21. The summed E-state index contributed by atoms with van der Waals surface area (Å²) in [6.45, 7) is 0.487. The molecule has 1 rings (SSSR count). The number of ketones is 1. The molecule has 19 heavy (non-hydrogen) atoms. The zero-order valence-corrected chi connectivity index (χ0v) is 10.2. The lowest BCUT2D eigenvalue weighted by atomic mass is 10.1. The molecule has 1 heterocycles. The molecule has 0 bridgehead atoms. The van der Waals surface area contributed by atoms with Crippen LogP contribution in [-0.2, 0) is 19.1 Å². The highest BCUT2D eigenvalue weighted by atomic mass is 16.5. The van der Waals surface area contributed by atoms with Crippen molar-refractivity contribution in [2.45, 2.75) is 37.8 Å². The summed E-state index contributed by atoms with van der Waals surface area (Å²) in [7, 11) is 0. The van der Waals surface area contributed by atoms with E-state index in [-0.39, 0.29) is 12.8 Å². The number of hydrogen-bond donors (Lipinski definition) is 2. The number of amides is 1. The predicted molar refractivity (Wildman–Crippen MR) is 62.5 cm³/mol. The third-order valence-corrected chi connectivity index (χ3v) is 2.72. The molecule has 1 amide bonds. The van der Waals surface area contributed by atoms with E-state index in [2.05, 4.69) is 10.1 Å². The van der Waals surface area contributed by atoms with Crippen LogP contribution in [0.4, 0.5) is 0 Å². The monoisotopic (exact) mass is 269 g/mol. The second-order valence-corrected chi connectivity index (χ2v) is 4.15. The van der Waals surface area contributed by atoms with Crippen molar-refractivity contribution in [1.29, 1.82) is 0 Å². The molecule has 0 spiro atoms. The molecular weight excluding hydrogens is 254 g/mol. The fourth-order valence-corrected chi connectivity index (χ4v) is 1.72. The van der Waals surface area contributed by atoms with Crippen molar-refractivity contribution in [2.24, 2.45) is 0 Å². The number of carboxylic acid groups (broad SMARTS) is 1. The number of Topliss-reactive ketones (excluding diaryl/α,β-unsaturated/α-hetero) is 1. The molecule has 0 aromatic heterocycles. The van der Waals surface area contributed by atoms with Gasteiger partial charge >= 0.3 is 12.2 Å². The molecule has 2 atom stereocenters. The summed E-state index contributed by atoms with van der Waals surface area (Å²) in [4.78, 5) is 36.3. The number of carbonyl (C=O) groups excluding carboxylic acids is 2. The van der Waals surface area contributed by atoms with Crippen molar-refractivity contribution in [3.63, 3.8) is 0 Å². The molecule has 104 valence electrons. The summed E-state index contributed by atoms with van der Waals surface area (Å²) < 4.78 is 5.13. The van der Waals surface area contributed by atoms with Crippen molar-refractivity contribution >= 4 is 23.9 Å². The Morgan fingerprint density at radius 1 is 1.53 bits per heavy atom. The van der Waals surface area contributed by atoms with E-state index in [9.17, 15) is 14.4 Å². The molecule has 8 nitrogen and oxygen atoms in total. The highest BCUT2D eigenvalue weighted by Crippen LogP contribution is 2.12. The maximum absolute atomic E-state index is 11.7. The van der Waals surface area contributed by atoms with Gasteiger partial charge in [0.2, 0.25) is 11.7 Å². The number of nitrogens with zero attached hydrogens (tertiary/aromatic N) is 2. The van der Waals surface area contributed by atoms with Gasteiger partial charge in [0.1, 0.15) is 12.1 Å². The van der Waals surface area contributed by atoms with Crippen molar-refractivity contribution in [2.75, 3.05) is 6.61 Å². The summed E-state index contributed by atoms with van der Waals surface area (Å²) in [5, 5.41) is 11.3. The van der Waals surface area contributed by atoms with Gasteiger partial charge in [-0.3, -0.25) is 9.59 Å². The van der Waals surface area contributed by atoms with Gasteiger partial charge in [-0.1, -0.05) is 0 Å². The second kappa shape index (κ2) is 7.40. The average Bonchev–Trinajstić information content (AvgIpc) is 2.88. The third kappa shape index (κ3) is 4.99. The first-order valence-electron chi connectivity index (χ1n) is 5.89. The van der Waals surface area contributed by atoms with E-state index in [0.29, 0.717) is 19.2 Å². The maximum Gasteiger partial charge on any atom is 0.326 e. The van der Waals surface area contributed by atoms with Crippen LogP contribution in [0, 0.1) is 0 Å². The number of rotatable bonds is 7. The van der Waals surface area contributed by atoms with E-state index in [1.165, 1.54) is 0 Å². The van der Waals surface area contributed by atoms with E-state index in [1.807, 2.05) is 0 Å². The van der Waals surface area contributed by atoms with Gasteiger partial charge in [-0.15, -0.1) is 0 Å². The number of carbonyl (C=O) groups is 3. The largest absolute Gasteiger partial charge is 0.480 e. The Hall–Kier alpha value is -2.05. The van der Waals surface area contributed by atoms with Crippen LogP contribution in [0.3, 0.4) is 0 Å². The van der Waals surface area contributed by atoms with Gasteiger partial charge in [0.15, 0.2) is 0 Å². The summed E-state index contributed by atoms with van der Waals surface area (Å²) >= 11 is 0. The van der Waals surface area contributed by atoms with E-state index in [0.717, 1.165) is 6.42 Å². The van der Waals surface area contributed by atoms with Gasteiger partial charge in [0, 0.05) is 13.0 Å². The summed E-state index contributed by atoms with van der Waals surface area (Å²) in [5.41, 5.74) is 8.15. The first-order chi connectivity index (χ1) is 9.04. The van der Waals surface area contributed by atoms with E-state index in [4.69, 9.17) is 15.4 Å². The van der Waals surface area contributed by atoms with Gasteiger partial charge < -0.3 is 20.7 Å². The van der Waals surface area contributed by atoms with Crippen LogP contribution in [0.15, 0.2) is 0 Å². The molecule has 0 aromatic rings. The van der Waals surface area contributed by atoms with Crippen molar-refractivity contribution in [1.82, 2.24) is 5.32 Å². The van der Waals surface area contributed by atoms with Crippen LogP contribution >= 0.6 is 0 Å². The van der Waals surface area contributed by atoms with Crippen molar-refractivity contribution in [3.05, 3.63) is 5.53 Å². The SMILES string of the molecule is [N-]=[N+]=CC(=O)CC[C@H](NC(=O)C1CCCO1)C(=O)O. The number of nitrogens with one attached hydrogen (secondary N) is 1. The fourth-order valence-electron chi connectivity index (χ4n) is 1.72. The van der Waals surface area contributed by atoms with Crippen LogP contribution in [0.1, 0.15) is 25.7 Å². The molecule has 2 N–H and O–H groups in total. The molecule has 1 fully saturated rings. The number of ether oxygens (including phenoxy) is 1. The number of hydrogen-bond acceptors (Lipinski definition) is 4. The van der Waals surface area contributed by atoms with Crippen molar-refractivity contribution < 1.29 is 29.0 Å². The molecule has 1 aliphatic heterocycles. The quantitative estimate of drug-likeness (QED) is 0.361. The van der Waals surface area contributed by atoms with Gasteiger partial charge in [0.05, 0.1) is 0 Å². The first-order valence-corrected chi connectivity index (χ1v) is 5.89. The lowest BCUT2D eigenvalue weighted by Gasteiger charge is -2.16. The minimum absolute atomic E-state index is 0.0708. The van der Waals surface area contributed by atoms with Gasteiger partial charge in [0.25, 0.3) is 0 Å². The van der Waals surface area contributed by atoms with Gasteiger partial charge in [-0.2, -0.15) is 4.79 Å². The minimum atomic E-state index is -1.22. The van der Waals surface area contributed by atoms with Crippen LogP contribution < -0.4 is 5.32 Å². The zero-order chi connectivity index (χ0) is 14.3. The number of aliphatic carboxylic acids is 1. The van der Waals surface area contributed by atoms with E-state index < -0.39 is 29.8 Å². The Morgan fingerprint density at radius 3 is 2.79 bits per heavy atom. The van der Waals surface area contributed by atoms with Crippen LogP contribution in [0.5, 0.6) is 0 Å². The Bertz CT molecular complexity index is 411. The van der Waals surface area contributed by atoms with E-state index >= 15 is 0 Å². The molecular formula is C11H15N3O5. The smallest absolute Gasteiger partial charge is 0.326 e. The van der Waals surface area contributed by atoms with Crippen LogP contribution in [0.25, 0.3) is 5.53 Å². The van der Waals surface area contributed by atoms with Gasteiger partial charge in [-0.25, -0.2) is 4.79 Å². The molecule has 1 saturated heterocycles. The molecule has 1 aliphatic rings. The topological polar surface area (TPSA) is 129 Å². The maximum atomic E-state index is 11.7. The molecule has 1 unspecified atom stereocenters. The minimum Gasteiger partial charge on any atom is -0.480 e. The average molecular weight is 269 g/mol. The summed E-state index contributed by atoms with van der Waals surface area (Å²) in [5.74, 6) is -2.21. The normalized spacial score (nSPS) is 19.3. The Labute approximate surface area is 109 Å². The summed E-state index contributed by atoms with van der Waals surface area (Å²) in [6, 6.07) is -1.16. The standard InChI is InChI=1S/C11H15N3O5/c12-13-6-7(15)3-4-8(11(17)18)14-10(16)9-2-1-5-19-9/h6,8-9H,1-5H2,(H,14,16)(H,17,18)/t8-,9?/m0/s1. The Balaban J connectivity index is 2.48. The Morgan fingerprint density at radius 2 is 2.26 bits per heavy atom. The highest BCUT2D eigenvalue weighted by Gasteiger charge is 2.28. The van der Waals surface area contributed by atoms with Crippen molar-refractivity contribution in [3.8, 4) is 0 Å². The third-order valence-electron chi connectivity index (χ3n) is 2.72. The predicted octanol–water partition coefficient (Wildman–Crippen LogP) is -0.615. The Kier molecular flexibility index (Phi) is 5.84. The fraction of sp³-hybridized carbons (Fsp3) is 0.636. The zero-order valence-electron chi connectivity index (χ0n) is 10.2. The van der Waals surface area contributed by atoms with Gasteiger partial charge in [-0.05, 0) is 19.3 Å². The highest BCUT2D eigenvalue weighted by molar-refractivity contribution is 6.25. The molecule has 0 aliphatic carbocycles. The first kappa shape index (κ1) is 15.0. The molecule has 0 aromatic carbocycles. The lowest BCUT2D eigenvalue weighted by Crippen LogP contribution is -2.45. The molecule has 8 heteroatoms. The second-order valence-electron chi connectivity index (χ2n) is 4.15. The molecule has 0 radical (unpaired) electrons. The van der Waals surface area contributed by atoms with E-state index in [1.54, 1.807) is 0 Å².